The van der Waals surface area contributed by atoms with E-state index < -0.39 is 0 Å². The van der Waals surface area contributed by atoms with Gasteiger partial charge in [-0.25, -0.2) is 0 Å². The Kier molecular flexibility index (Phi) is 4.97. The Bertz CT molecular complexity index is 412. The largest absolute Gasteiger partial charge is 0.315 e. The Hall–Kier alpha value is -0.650. The van der Waals surface area contributed by atoms with Crippen LogP contribution >= 0.6 is 11.3 Å². The number of thiazole rings is 1. The average Bonchev–Trinajstić information content (AvgIpc) is 2.62. The van der Waals surface area contributed by atoms with Gasteiger partial charge < -0.3 is 15.2 Å². The van der Waals surface area contributed by atoms with Gasteiger partial charge in [-0.05, 0) is 46.2 Å². The number of H-pyrrole nitrogens is 1. The van der Waals surface area contributed by atoms with Crippen molar-refractivity contribution in [3.8, 4) is 0 Å². The molecule has 0 aliphatic carbocycles. The summed E-state index contributed by atoms with van der Waals surface area (Å²) in [4.78, 5) is 16.5. The van der Waals surface area contributed by atoms with Crippen LogP contribution in [0.4, 0.5) is 0 Å². The third kappa shape index (κ3) is 3.93. The Morgan fingerprint density at radius 3 is 3.00 bits per heavy atom. The molecule has 5 heteroatoms. The second kappa shape index (κ2) is 6.50. The summed E-state index contributed by atoms with van der Waals surface area (Å²) in [6.07, 6.45) is 3.69. The maximum atomic E-state index is 11.0. The van der Waals surface area contributed by atoms with Gasteiger partial charge in [0, 0.05) is 29.7 Å². The summed E-state index contributed by atoms with van der Waals surface area (Å²) in [6, 6.07) is 1.23. The predicted octanol–water partition coefficient (Wildman–Crippen LogP) is 1.79. The van der Waals surface area contributed by atoms with E-state index in [0.29, 0.717) is 12.1 Å². The fraction of sp³-hybridized carbons (Fsp3) is 0.769. The van der Waals surface area contributed by atoms with Gasteiger partial charge in [-0.3, -0.25) is 4.79 Å². The maximum absolute atomic E-state index is 11.0. The minimum atomic E-state index is 0.0404. The zero-order valence-electron chi connectivity index (χ0n) is 11.2. The number of likely N-dealkylation sites (tertiary alicyclic amines) is 1. The molecule has 1 aliphatic heterocycles. The molecule has 4 nitrogen and oxygen atoms in total. The second-order valence-electron chi connectivity index (χ2n) is 5.31. The van der Waals surface area contributed by atoms with E-state index in [1.54, 1.807) is 0 Å². The molecule has 0 amide bonds. The van der Waals surface area contributed by atoms with Gasteiger partial charge in [0.1, 0.15) is 0 Å². The van der Waals surface area contributed by atoms with Crippen LogP contribution < -0.4 is 10.2 Å². The van der Waals surface area contributed by atoms with Crippen molar-refractivity contribution in [2.45, 2.75) is 51.7 Å². The number of nitrogens with zero attached hydrogens (tertiary/aromatic N) is 1. The number of aromatic amines is 1. The summed E-state index contributed by atoms with van der Waals surface area (Å²) in [5, 5.41) is 5.47. The van der Waals surface area contributed by atoms with Crippen LogP contribution in [0.3, 0.4) is 0 Å². The van der Waals surface area contributed by atoms with Gasteiger partial charge >= 0.3 is 4.87 Å². The lowest BCUT2D eigenvalue weighted by Crippen LogP contribution is -2.33. The van der Waals surface area contributed by atoms with Crippen molar-refractivity contribution >= 4 is 11.3 Å². The minimum absolute atomic E-state index is 0.0404. The van der Waals surface area contributed by atoms with Gasteiger partial charge in [0.05, 0.1) is 0 Å². The van der Waals surface area contributed by atoms with Crippen molar-refractivity contribution in [2.75, 3.05) is 13.1 Å². The van der Waals surface area contributed by atoms with Crippen molar-refractivity contribution in [1.82, 2.24) is 15.2 Å². The third-order valence-corrected chi connectivity index (χ3v) is 4.36. The summed E-state index contributed by atoms with van der Waals surface area (Å²) >= 11 is 1.24. The average molecular weight is 269 g/mol. The fourth-order valence-corrected chi connectivity index (χ4v) is 3.08. The molecule has 0 saturated carbocycles. The molecule has 0 bridgehead atoms. The molecule has 2 rings (SSSR count). The predicted molar refractivity (Wildman–Crippen MR) is 76.1 cm³/mol. The van der Waals surface area contributed by atoms with Crippen molar-refractivity contribution in [2.24, 2.45) is 0 Å². The van der Waals surface area contributed by atoms with Crippen molar-refractivity contribution in [1.29, 1.82) is 0 Å². The fourth-order valence-electron chi connectivity index (χ4n) is 2.49. The highest BCUT2D eigenvalue weighted by molar-refractivity contribution is 7.07. The van der Waals surface area contributed by atoms with Crippen LogP contribution in [0, 0.1) is 0 Å². The van der Waals surface area contributed by atoms with Gasteiger partial charge in [-0.2, -0.15) is 0 Å². The topological polar surface area (TPSA) is 48.1 Å². The standard InChI is InChI=1S/C13H23N3OS/c1-10(2)16-6-3-4-11(5-7-16)14-8-12-9-18-13(17)15-12/h9-11,14H,3-8H2,1-2H3,(H,15,17). The molecule has 1 aliphatic rings. The van der Waals surface area contributed by atoms with Gasteiger partial charge in [0.2, 0.25) is 0 Å². The Morgan fingerprint density at radius 2 is 2.33 bits per heavy atom. The zero-order chi connectivity index (χ0) is 13.0. The molecule has 0 radical (unpaired) electrons. The summed E-state index contributed by atoms with van der Waals surface area (Å²) in [5.41, 5.74) is 1.01. The Labute approximate surface area is 112 Å². The maximum Gasteiger partial charge on any atom is 0.304 e. The van der Waals surface area contributed by atoms with Gasteiger partial charge in [0.25, 0.3) is 0 Å². The summed E-state index contributed by atoms with van der Waals surface area (Å²) in [6.45, 7) is 7.71. The van der Waals surface area contributed by atoms with Crippen LogP contribution in [-0.4, -0.2) is 35.1 Å². The molecular formula is C13H23N3OS. The lowest BCUT2D eigenvalue weighted by molar-refractivity contribution is 0.229. The van der Waals surface area contributed by atoms with Crippen LogP contribution in [0.2, 0.25) is 0 Å². The van der Waals surface area contributed by atoms with Crippen LogP contribution in [0.15, 0.2) is 10.2 Å². The molecule has 1 saturated heterocycles. The van der Waals surface area contributed by atoms with E-state index in [2.05, 4.69) is 29.0 Å². The monoisotopic (exact) mass is 269 g/mol. The van der Waals surface area contributed by atoms with Crippen LogP contribution in [0.25, 0.3) is 0 Å². The molecule has 2 heterocycles. The first-order valence-corrected chi connectivity index (χ1v) is 7.67. The SMILES string of the molecule is CC(C)N1CCCC(NCc2csc(=O)[nH]2)CC1. The molecule has 1 unspecified atom stereocenters. The van der Waals surface area contributed by atoms with E-state index in [0.717, 1.165) is 12.2 Å². The lowest BCUT2D eigenvalue weighted by atomic mass is 10.1. The van der Waals surface area contributed by atoms with Crippen molar-refractivity contribution in [3.63, 3.8) is 0 Å². The summed E-state index contributed by atoms with van der Waals surface area (Å²) in [5.74, 6) is 0. The summed E-state index contributed by atoms with van der Waals surface area (Å²) < 4.78 is 0. The smallest absolute Gasteiger partial charge is 0.304 e. The Morgan fingerprint density at radius 1 is 1.50 bits per heavy atom. The van der Waals surface area contributed by atoms with E-state index in [-0.39, 0.29) is 4.87 Å². The zero-order valence-corrected chi connectivity index (χ0v) is 12.1. The molecule has 1 fully saturated rings. The van der Waals surface area contributed by atoms with Crippen LogP contribution in [0.5, 0.6) is 0 Å². The highest BCUT2D eigenvalue weighted by atomic mass is 32.1. The van der Waals surface area contributed by atoms with Gasteiger partial charge in [-0.1, -0.05) is 11.3 Å². The van der Waals surface area contributed by atoms with E-state index in [1.165, 1.54) is 43.7 Å². The normalized spacial score (nSPS) is 22.3. The van der Waals surface area contributed by atoms with E-state index in [9.17, 15) is 4.79 Å². The van der Waals surface area contributed by atoms with Crippen LogP contribution in [0.1, 0.15) is 38.8 Å². The minimum Gasteiger partial charge on any atom is -0.315 e. The van der Waals surface area contributed by atoms with Crippen LogP contribution in [-0.2, 0) is 6.54 Å². The van der Waals surface area contributed by atoms with Gasteiger partial charge in [0.15, 0.2) is 0 Å². The van der Waals surface area contributed by atoms with Crippen molar-refractivity contribution < 1.29 is 0 Å². The first kappa shape index (κ1) is 13.8. The first-order chi connectivity index (χ1) is 8.65. The lowest BCUT2D eigenvalue weighted by Gasteiger charge is -2.24. The highest BCUT2D eigenvalue weighted by Crippen LogP contribution is 2.13. The number of hydrogen-bond donors (Lipinski definition) is 2. The van der Waals surface area contributed by atoms with Gasteiger partial charge in [-0.15, -0.1) is 0 Å². The highest BCUT2D eigenvalue weighted by Gasteiger charge is 2.18. The molecule has 0 spiro atoms. The number of rotatable bonds is 4. The van der Waals surface area contributed by atoms with E-state index in [4.69, 9.17) is 0 Å². The molecule has 1 atom stereocenters. The number of hydrogen-bond acceptors (Lipinski definition) is 4. The molecular weight excluding hydrogens is 246 g/mol. The summed E-state index contributed by atoms with van der Waals surface area (Å²) in [7, 11) is 0. The molecule has 18 heavy (non-hydrogen) atoms. The molecule has 1 aromatic heterocycles. The van der Waals surface area contributed by atoms with E-state index >= 15 is 0 Å². The second-order valence-corrected chi connectivity index (χ2v) is 6.15. The quantitative estimate of drug-likeness (QED) is 0.876. The molecule has 102 valence electrons. The first-order valence-electron chi connectivity index (χ1n) is 6.79. The molecule has 0 aromatic carbocycles. The molecule has 2 N–H and O–H groups in total. The molecule has 1 aromatic rings. The number of aromatic nitrogens is 1. The Balaban J connectivity index is 1.78. The van der Waals surface area contributed by atoms with Crippen molar-refractivity contribution in [3.05, 3.63) is 20.7 Å². The third-order valence-electron chi connectivity index (χ3n) is 3.65. The van der Waals surface area contributed by atoms with E-state index in [1.807, 2.05) is 5.38 Å². The number of nitrogens with one attached hydrogen (secondary N) is 2.